The molecular formula is C10H11ClO. The average Bonchev–Trinajstić information content (AvgIpc) is 2.30. The number of aliphatic hydroxyl groups excluding tert-OH is 1. The Bertz CT molecular complexity index is 276. The van der Waals surface area contributed by atoms with Gasteiger partial charge in [0.15, 0.2) is 0 Å². The fourth-order valence-electron chi connectivity index (χ4n) is 1.81. The molecule has 0 amide bonds. The smallest absolute Gasteiger partial charge is 0.0904 e. The molecule has 2 aliphatic rings. The van der Waals surface area contributed by atoms with Gasteiger partial charge in [0.05, 0.1) is 11.1 Å². The van der Waals surface area contributed by atoms with Crippen molar-refractivity contribution in [1.29, 1.82) is 0 Å². The van der Waals surface area contributed by atoms with Gasteiger partial charge in [-0.1, -0.05) is 35.9 Å². The Labute approximate surface area is 77.0 Å². The number of rotatable bonds is 0. The van der Waals surface area contributed by atoms with E-state index in [-0.39, 0.29) is 0 Å². The van der Waals surface area contributed by atoms with Gasteiger partial charge in [-0.3, -0.25) is 0 Å². The molecule has 2 aliphatic carbocycles. The molecule has 0 fully saturated rings. The summed E-state index contributed by atoms with van der Waals surface area (Å²) in [6.07, 6.45) is 9.49. The maximum absolute atomic E-state index is 9.47. The van der Waals surface area contributed by atoms with E-state index in [0.717, 1.165) is 18.4 Å². The predicted molar refractivity (Wildman–Crippen MR) is 49.9 cm³/mol. The number of hydrogen-bond donors (Lipinski definition) is 1. The van der Waals surface area contributed by atoms with Gasteiger partial charge in [0.2, 0.25) is 0 Å². The van der Waals surface area contributed by atoms with Gasteiger partial charge in [-0.05, 0) is 24.3 Å². The van der Waals surface area contributed by atoms with Crippen molar-refractivity contribution in [2.24, 2.45) is 5.92 Å². The second-order valence-corrected chi connectivity index (χ2v) is 3.68. The van der Waals surface area contributed by atoms with Crippen molar-refractivity contribution in [2.75, 3.05) is 0 Å². The SMILES string of the molecule is OC1CC2CC=CC=CC2=C1Cl. The maximum Gasteiger partial charge on any atom is 0.0904 e. The maximum atomic E-state index is 9.47. The molecule has 64 valence electrons. The number of fused-ring (bicyclic) bond motifs is 1. The van der Waals surface area contributed by atoms with Crippen LogP contribution in [-0.4, -0.2) is 11.2 Å². The van der Waals surface area contributed by atoms with Crippen LogP contribution in [0.4, 0.5) is 0 Å². The van der Waals surface area contributed by atoms with Gasteiger partial charge < -0.3 is 5.11 Å². The van der Waals surface area contributed by atoms with Crippen molar-refractivity contribution in [1.82, 2.24) is 0 Å². The number of allylic oxidation sites excluding steroid dienone is 5. The largest absolute Gasteiger partial charge is 0.387 e. The van der Waals surface area contributed by atoms with Crippen LogP contribution in [0.1, 0.15) is 12.8 Å². The lowest BCUT2D eigenvalue weighted by molar-refractivity contribution is 0.206. The molecule has 0 aromatic heterocycles. The van der Waals surface area contributed by atoms with Crippen molar-refractivity contribution in [2.45, 2.75) is 18.9 Å². The Hall–Kier alpha value is -0.530. The van der Waals surface area contributed by atoms with Crippen LogP contribution in [0.5, 0.6) is 0 Å². The molecule has 0 spiro atoms. The number of hydrogen-bond acceptors (Lipinski definition) is 1. The van der Waals surface area contributed by atoms with E-state index >= 15 is 0 Å². The molecule has 2 atom stereocenters. The summed E-state index contributed by atoms with van der Waals surface area (Å²) in [7, 11) is 0. The van der Waals surface area contributed by atoms with Crippen LogP contribution in [0.15, 0.2) is 34.9 Å². The summed E-state index contributed by atoms with van der Waals surface area (Å²) in [5.74, 6) is 0.433. The summed E-state index contributed by atoms with van der Waals surface area (Å²) >= 11 is 5.96. The zero-order valence-electron chi connectivity index (χ0n) is 6.70. The summed E-state index contributed by atoms with van der Waals surface area (Å²) in [6, 6.07) is 0. The summed E-state index contributed by atoms with van der Waals surface area (Å²) in [5, 5.41) is 10.1. The van der Waals surface area contributed by atoms with Crippen LogP contribution < -0.4 is 0 Å². The minimum Gasteiger partial charge on any atom is -0.387 e. The monoisotopic (exact) mass is 182 g/mol. The summed E-state index contributed by atoms with van der Waals surface area (Å²) in [5.41, 5.74) is 1.12. The molecule has 0 saturated carbocycles. The normalized spacial score (nSPS) is 33.8. The van der Waals surface area contributed by atoms with Crippen molar-refractivity contribution >= 4 is 11.6 Å². The highest BCUT2D eigenvalue weighted by atomic mass is 35.5. The molecule has 2 rings (SSSR count). The van der Waals surface area contributed by atoms with E-state index in [1.807, 2.05) is 18.2 Å². The molecule has 0 radical (unpaired) electrons. The van der Waals surface area contributed by atoms with Crippen LogP contribution in [0.2, 0.25) is 0 Å². The highest BCUT2D eigenvalue weighted by Crippen LogP contribution is 2.38. The highest BCUT2D eigenvalue weighted by Gasteiger charge is 2.29. The first-order chi connectivity index (χ1) is 5.79. The van der Waals surface area contributed by atoms with Crippen LogP contribution in [0.25, 0.3) is 0 Å². The first kappa shape index (κ1) is 8.09. The molecular weight excluding hydrogens is 172 g/mol. The van der Waals surface area contributed by atoms with E-state index in [1.165, 1.54) is 0 Å². The fraction of sp³-hybridized carbons (Fsp3) is 0.400. The van der Waals surface area contributed by atoms with E-state index in [0.29, 0.717) is 11.0 Å². The molecule has 12 heavy (non-hydrogen) atoms. The molecule has 0 aliphatic heterocycles. The third kappa shape index (κ3) is 1.23. The Kier molecular flexibility index (Phi) is 2.07. The topological polar surface area (TPSA) is 20.2 Å². The molecule has 0 heterocycles. The third-order valence-electron chi connectivity index (χ3n) is 2.46. The molecule has 2 unspecified atom stereocenters. The zero-order chi connectivity index (χ0) is 8.55. The zero-order valence-corrected chi connectivity index (χ0v) is 7.46. The molecule has 0 aromatic rings. The lowest BCUT2D eigenvalue weighted by Gasteiger charge is -2.06. The quantitative estimate of drug-likeness (QED) is 0.610. The standard InChI is InChI=1S/C10H11ClO/c11-10-8-5-3-1-2-4-7(8)6-9(10)12/h1-3,5,7,9,12H,4,6H2. The third-order valence-corrected chi connectivity index (χ3v) is 2.93. The van der Waals surface area contributed by atoms with Gasteiger partial charge in [-0.25, -0.2) is 0 Å². The first-order valence-corrected chi connectivity index (χ1v) is 4.57. The Morgan fingerprint density at radius 2 is 2.25 bits per heavy atom. The minimum atomic E-state index is -0.428. The van der Waals surface area contributed by atoms with Crippen molar-refractivity contribution in [3.05, 3.63) is 34.9 Å². The van der Waals surface area contributed by atoms with E-state index in [9.17, 15) is 5.11 Å². The van der Waals surface area contributed by atoms with Gasteiger partial charge in [0.25, 0.3) is 0 Å². The van der Waals surface area contributed by atoms with Crippen molar-refractivity contribution in [3.63, 3.8) is 0 Å². The average molecular weight is 183 g/mol. The van der Waals surface area contributed by atoms with Gasteiger partial charge in [-0.2, -0.15) is 0 Å². The number of halogens is 1. The minimum absolute atomic E-state index is 0.428. The van der Waals surface area contributed by atoms with Gasteiger partial charge in [-0.15, -0.1) is 0 Å². The first-order valence-electron chi connectivity index (χ1n) is 4.20. The molecule has 0 bridgehead atoms. The van der Waals surface area contributed by atoms with E-state index in [2.05, 4.69) is 6.08 Å². The summed E-state index contributed by atoms with van der Waals surface area (Å²) < 4.78 is 0. The molecule has 1 N–H and O–H groups in total. The van der Waals surface area contributed by atoms with E-state index in [4.69, 9.17) is 11.6 Å². The Balaban J connectivity index is 2.34. The number of aliphatic hydroxyl groups is 1. The second kappa shape index (κ2) is 3.08. The van der Waals surface area contributed by atoms with Crippen molar-refractivity contribution < 1.29 is 5.11 Å². The van der Waals surface area contributed by atoms with Gasteiger partial charge >= 0.3 is 0 Å². The van der Waals surface area contributed by atoms with E-state index in [1.54, 1.807) is 0 Å². The van der Waals surface area contributed by atoms with Crippen molar-refractivity contribution in [3.8, 4) is 0 Å². The van der Waals surface area contributed by atoms with Crippen LogP contribution >= 0.6 is 11.6 Å². The fourth-order valence-corrected chi connectivity index (χ4v) is 2.11. The Morgan fingerprint density at radius 3 is 3.08 bits per heavy atom. The highest BCUT2D eigenvalue weighted by molar-refractivity contribution is 6.31. The molecule has 1 nitrogen and oxygen atoms in total. The van der Waals surface area contributed by atoms with Crippen LogP contribution in [-0.2, 0) is 0 Å². The van der Waals surface area contributed by atoms with Gasteiger partial charge in [0.1, 0.15) is 0 Å². The second-order valence-electron chi connectivity index (χ2n) is 3.27. The predicted octanol–water partition coefficient (Wildman–Crippen LogP) is 2.38. The van der Waals surface area contributed by atoms with Gasteiger partial charge in [0, 0.05) is 0 Å². The molecule has 0 aromatic carbocycles. The van der Waals surface area contributed by atoms with E-state index < -0.39 is 6.10 Å². The van der Waals surface area contributed by atoms with Crippen LogP contribution in [0.3, 0.4) is 0 Å². The molecule has 0 saturated heterocycles. The lowest BCUT2D eigenvalue weighted by atomic mass is 9.98. The van der Waals surface area contributed by atoms with Crippen LogP contribution in [0, 0.1) is 5.92 Å². The summed E-state index contributed by atoms with van der Waals surface area (Å²) in [4.78, 5) is 0. The molecule has 2 heteroatoms. The summed E-state index contributed by atoms with van der Waals surface area (Å²) in [6.45, 7) is 0. The lowest BCUT2D eigenvalue weighted by Crippen LogP contribution is -2.03. The Morgan fingerprint density at radius 1 is 1.42 bits per heavy atom.